The molecule has 0 bridgehead atoms. The molecule has 0 atom stereocenters. The van der Waals surface area contributed by atoms with Crippen molar-refractivity contribution in [1.29, 1.82) is 0 Å². The Labute approximate surface area is 138 Å². The maximum Gasteiger partial charge on any atom is 0.264 e. The van der Waals surface area contributed by atoms with E-state index in [1.165, 1.54) is 6.07 Å². The van der Waals surface area contributed by atoms with Crippen LogP contribution in [-0.4, -0.2) is 8.42 Å². The van der Waals surface area contributed by atoms with Gasteiger partial charge in [-0.1, -0.05) is 15.9 Å². The van der Waals surface area contributed by atoms with Crippen LogP contribution >= 0.6 is 31.9 Å². The summed E-state index contributed by atoms with van der Waals surface area (Å²) in [5.74, 6) is -0.883. The van der Waals surface area contributed by atoms with Gasteiger partial charge in [-0.2, -0.15) is 0 Å². The van der Waals surface area contributed by atoms with E-state index in [4.69, 9.17) is 5.73 Å². The number of nitrogens with one attached hydrogen (secondary N) is 1. The maximum absolute atomic E-state index is 14.0. The topological polar surface area (TPSA) is 72.2 Å². The summed E-state index contributed by atoms with van der Waals surface area (Å²) in [7, 11) is -4.07. The molecule has 0 aromatic heterocycles. The van der Waals surface area contributed by atoms with Crippen LogP contribution in [0.5, 0.6) is 0 Å². The van der Waals surface area contributed by atoms with E-state index >= 15 is 0 Å². The summed E-state index contributed by atoms with van der Waals surface area (Å²) < 4.78 is 41.8. The van der Waals surface area contributed by atoms with Crippen molar-refractivity contribution >= 4 is 53.3 Å². The average Bonchev–Trinajstić information content (AvgIpc) is 2.37. The van der Waals surface area contributed by atoms with Gasteiger partial charge in [-0.3, -0.25) is 4.72 Å². The smallest absolute Gasteiger partial charge is 0.264 e. The predicted molar refractivity (Wildman–Crippen MR) is 88.2 cm³/mol. The zero-order chi connectivity index (χ0) is 15.8. The van der Waals surface area contributed by atoms with Crippen LogP contribution < -0.4 is 10.5 Å². The largest absolute Gasteiger partial charge is 0.399 e. The van der Waals surface area contributed by atoms with Crippen molar-refractivity contribution in [2.24, 2.45) is 0 Å². The lowest BCUT2D eigenvalue weighted by atomic mass is 10.2. The van der Waals surface area contributed by atoms with Gasteiger partial charge < -0.3 is 5.73 Å². The van der Waals surface area contributed by atoms with Crippen molar-refractivity contribution in [1.82, 2.24) is 0 Å². The van der Waals surface area contributed by atoms with Gasteiger partial charge in [0, 0.05) is 10.2 Å². The third-order valence-electron chi connectivity index (χ3n) is 2.74. The van der Waals surface area contributed by atoms with Crippen molar-refractivity contribution in [2.45, 2.75) is 11.8 Å². The van der Waals surface area contributed by atoms with Crippen molar-refractivity contribution in [3.05, 3.63) is 50.7 Å². The Hall–Kier alpha value is -1.12. The summed E-state index contributed by atoms with van der Waals surface area (Å²) in [6.45, 7) is 1.74. The minimum Gasteiger partial charge on any atom is -0.399 e. The molecular formula is C13H11Br2FN2O2S. The second-order valence-corrected chi connectivity index (χ2v) is 7.80. The predicted octanol–water partition coefficient (Wildman–Crippen LogP) is 4.04. The third-order valence-corrected chi connectivity index (χ3v) is 5.17. The molecular weight excluding hydrogens is 427 g/mol. The molecule has 112 valence electrons. The van der Waals surface area contributed by atoms with E-state index in [2.05, 4.69) is 36.6 Å². The van der Waals surface area contributed by atoms with Crippen LogP contribution in [0.25, 0.3) is 0 Å². The van der Waals surface area contributed by atoms with E-state index in [1.807, 2.05) is 0 Å². The third kappa shape index (κ3) is 3.56. The minimum absolute atomic E-state index is 0.00426. The van der Waals surface area contributed by atoms with Crippen molar-refractivity contribution in [3.8, 4) is 0 Å². The summed E-state index contributed by atoms with van der Waals surface area (Å²) in [5.41, 5.74) is 6.80. The van der Waals surface area contributed by atoms with E-state index in [-0.39, 0.29) is 10.2 Å². The molecule has 8 heteroatoms. The van der Waals surface area contributed by atoms with Gasteiger partial charge >= 0.3 is 0 Å². The zero-order valence-corrected chi connectivity index (χ0v) is 14.8. The van der Waals surface area contributed by atoms with E-state index in [1.54, 1.807) is 25.1 Å². The molecule has 2 aromatic carbocycles. The van der Waals surface area contributed by atoms with Gasteiger partial charge in [0.25, 0.3) is 10.0 Å². The summed E-state index contributed by atoms with van der Waals surface area (Å²) >= 11 is 6.24. The molecule has 0 spiro atoms. The SMILES string of the molecule is Cc1cc(Br)ccc1NS(=O)(=O)c1cc(N)cc(Br)c1F. The van der Waals surface area contributed by atoms with Crippen LogP contribution in [0, 0.1) is 12.7 Å². The standard InChI is InChI=1S/C13H11Br2FN2O2S/c1-7-4-8(14)2-3-11(7)18-21(19,20)12-6-9(17)5-10(15)13(12)16/h2-6,18H,17H2,1H3. The van der Waals surface area contributed by atoms with Crippen molar-refractivity contribution < 1.29 is 12.8 Å². The Kier molecular flexibility index (Phi) is 4.60. The average molecular weight is 438 g/mol. The highest BCUT2D eigenvalue weighted by Gasteiger charge is 2.22. The summed E-state index contributed by atoms with van der Waals surface area (Å²) in [4.78, 5) is -0.503. The van der Waals surface area contributed by atoms with Crippen LogP contribution in [-0.2, 0) is 10.0 Å². The van der Waals surface area contributed by atoms with Crippen molar-refractivity contribution in [2.75, 3.05) is 10.5 Å². The molecule has 4 nitrogen and oxygen atoms in total. The minimum atomic E-state index is -4.07. The van der Waals surface area contributed by atoms with Crippen LogP contribution in [0.2, 0.25) is 0 Å². The number of hydrogen-bond donors (Lipinski definition) is 2. The van der Waals surface area contributed by atoms with E-state index in [0.29, 0.717) is 11.3 Å². The Bertz CT molecular complexity index is 810. The molecule has 0 radical (unpaired) electrons. The van der Waals surface area contributed by atoms with Gasteiger partial charge in [0.05, 0.1) is 10.2 Å². The first kappa shape index (κ1) is 16.3. The van der Waals surface area contributed by atoms with E-state index in [9.17, 15) is 12.8 Å². The zero-order valence-electron chi connectivity index (χ0n) is 10.8. The molecule has 2 aromatic rings. The number of sulfonamides is 1. The van der Waals surface area contributed by atoms with E-state index < -0.39 is 20.7 Å². The van der Waals surface area contributed by atoms with Gasteiger partial charge in [0.1, 0.15) is 4.90 Å². The fourth-order valence-electron chi connectivity index (χ4n) is 1.72. The lowest BCUT2D eigenvalue weighted by Crippen LogP contribution is -2.16. The lowest BCUT2D eigenvalue weighted by Gasteiger charge is -2.12. The summed E-state index contributed by atoms with van der Waals surface area (Å²) in [6.07, 6.45) is 0. The van der Waals surface area contributed by atoms with Gasteiger partial charge in [-0.15, -0.1) is 0 Å². The van der Waals surface area contributed by atoms with Gasteiger partial charge in [-0.25, -0.2) is 12.8 Å². The first-order valence-electron chi connectivity index (χ1n) is 5.74. The fourth-order valence-corrected chi connectivity index (χ4v) is 4.07. The monoisotopic (exact) mass is 436 g/mol. The fraction of sp³-hybridized carbons (Fsp3) is 0.0769. The number of halogens is 3. The molecule has 21 heavy (non-hydrogen) atoms. The molecule has 0 aliphatic rings. The molecule has 0 unspecified atom stereocenters. The Morgan fingerprint density at radius 1 is 1.19 bits per heavy atom. The summed E-state index contributed by atoms with van der Waals surface area (Å²) in [5, 5.41) is 0. The quantitative estimate of drug-likeness (QED) is 0.711. The number of nitrogens with two attached hydrogens (primary N) is 1. The lowest BCUT2D eigenvalue weighted by molar-refractivity contribution is 0.567. The number of anilines is 2. The number of hydrogen-bond acceptors (Lipinski definition) is 3. The van der Waals surface area contributed by atoms with Crippen LogP contribution in [0.1, 0.15) is 5.56 Å². The summed E-state index contributed by atoms with van der Waals surface area (Å²) in [6, 6.07) is 7.42. The number of aryl methyl sites for hydroxylation is 1. The molecule has 0 saturated heterocycles. The first-order valence-corrected chi connectivity index (χ1v) is 8.81. The highest BCUT2D eigenvalue weighted by Crippen LogP contribution is 2.29. The molecule has 0 amide bonds. The molecule has 0 aliphatic heterocycles. The van der Waals surface area contributed by atoms with Crippen LogP contribution in [0.3, 0.4) is 0 Å². The maximum atomic E-state index is 14.0. The molecule has 0 heterocycles. The molecule has 0 saturated carbocycles. The number of rotatable bonds is 3. The number of nitrogen functional groups attached to an aromatic ring is 1. The Balaban J connectivity index is 2.48. The number of benzene rings is 2. The normalized spacial score (nSPS) is 11.4. The van der Waals surface area contributed by atoms with Crippen LogP contribution in [0.15, 0.2) is 44.2 Å². The Morgan fingerprint density at radius 3 is 2.48 bits per heavy atom. The van der Waals surface area contributed by atoms with Gasteiger partial charge in [-0.05, 0) is 58.7 Å². The second kappa shape index (κ2) is 5.94. The molecule has 0 aliphatic carbocycles. The molecule has 0 fully saturated rings. The van der Waals surface area contributed by atoms with Crippen molar-refractivity contribution in [3.63, 3.8) is 0 Å². The highest BCUT2D eigenvalue weighted by atomic mass is 79.9. The van der Waals surface area contributed by atoms with Gasteiger partial charge in [0.15, 0.2) is 5.82 Å². The van der Waals surface area contributed by atoms with E-state index in [0.717, 1.165) is 10.5 Å². The highest BCUT2D eigenvalue weighted by molar-refractivity contribution is 9.10. The van der Waals surface area contributed by atoms with Crippen LogP contribution in [0.4, 0.5) is 15.8 Å². The first-order chi connectivity index (χ1) is 9.70. The Morgan fingerprint density at radius 2 is 1.86 bits per heavy atom. The molecule has 2 rings (SSSR count). The second-order valence-electron chi connectivity index (χ2n) is 4.38. The van der Waals surface area contributed by atoms with Gasteiger partial charge in [0.2, 0.25) is 0 Å². The molecule has 3 N–H and O–H groups in total.